The second-order valence-electron chi connectivity index (χ2n) is 5.75. The molecule has 1 heterocycles. The van der Waals surface area contributed by atoms with Crippen LogP contribution in [0.5, 0.6) is 0 Å². The number of carbonyl (C=O) groups excluding carboxylic acids is 1. The Morgan fingerprint density at radius 3 is 2.62 bits per heavy atom. The van der Waals surface area contributed by atoms with Gasteiger partial charge >= 0.3 is 0 Å². The summed E-state index contributed by atoms with van der Waals surface area (Å²) in [5, 5.41) is 2.97. The van der Waals surface area contributed by atoms with Crippen molar-refractivity contribution in [2.24, 2.45) is 5.73 Å². The van der Waals surface area contributed by atoms with Crippen LogP contribution in [0.2, 0.25) is 0 Å². The van der Waals surface area contributed by atoms with E-state index in [0.717, 1.165) is 28.8 Å². The zero-order chi connectivity index (χ0) is 15.0. The Balaban J connectivity index is 2.02. The summed E-state index contributed by atoms with van der Waals surface area (Å²) < 4.78 is 0. The molecule has 3 rings (SSSR count). The lowest BCUT2D eigenvalue weighted by Gasteiger charge is -2.23. The fourth-order valence-corrected chi connectivity index (χ4v) is 3.01. The average molecular weight is 280 g/mol. The third kappa shape index (κ3) is 2.57. The molecule has 0 saturated heterocycles. The van der Waals surface area contributed by atoms with Gasteiger partial charge in [0, 0.05) is 12.1 Å². The first-order valence-electron chi connectivity index (χ1n) is 7.30. The van der Waals surface area contributed by atoms with E-state index < -0.39 is 0 Å². The standard InChI is InChI=1S/C18H20N2O/c1-11-5-3-4-6-15(11)17(19)14-9-12(2)18-13(10-14)7-8-16(21)20-18/h3-6,9-10,17H,7-8,19H2,1-2H3,(H,20,21). The molecule has 3 N–H and O–H groups in total. The lowest BCUT2D eigenvalue weighted by Crippen LogP contribution is -2.21. The molecule has 3 heteroatoms. The minimum absolute atomic E-state index is 0.0987. The summed E-state index contributed by atoms with van der Waals surface area (Å²) in [6, 6.07) is 12.3. The van der Waals surface area contributed by atoms with Gasteiger partial charge in [-0.1, -0.05) is 36.4 Å². The molecule has 3 nitrogen and oxygen atoms in total. The van der Waals surface area contributed by atoms with Gasteiger partial charge in [0.15, 0.2) is 0 Å². The van der Waals surface area contributed by atoms with Crippen molar-refractivity contribution < 1.29 is 4.79 Å². The van der Waals surface area contributed by atoms with Crippen LogP contribution in [0.4, 0.5) is 5.69 Å². The van der Waals surface area contributed by atoms with E-state index in [-0.39, 0.29) is 11.9 Å². The molecule has 1 unspecified atom stereocenters. The van der Waals surface area contributed by atoms with Gasteiger partial charge in [0.2, 0.25) is 5.91 Å². The summed E-state index contributed by atoms with van der Waals surface area (Å²) in [4.78, 5) is 11.5. The molecular formula is C18H20N2O. The fraction of sp³-hybridized carbons (Fsp3) is 0.278. The highest BCUT2D eigenvalue weighted by molar-refractivity contribution is 5.94. The van der Waals surface area contributed by atoms with Crippen LogP contribution in [0.3, 0.4) is 0 Å². The first kappa shape index (κ1) is 13.8. The average Bonchev–Trinajstić information content (AvgIpc) is 2.47. The Hall–Kier alpha value is -2.13. The largest absolute Gasteiger partial charge is 0.326 e. The molecule has 0 saturated carbocycles. The fourth-order valence-electron chi connectivity index (χ4n) is 3.01. The molecule has 0 fully saturated rings. The summed E-state index contributed by atoms with van der Waals surface area (Å²) in [6.45, 7) is 4.11. The molecule has 2 aromatic carbocycles. The molecule has 0 aliphatic carbocycles. The number of benzene rings is 2. The number of hydrogen-bond donors (Lipinski definition) is 2. The van der Waals surface area contributed by atoms with E-state index in [9.17, 15) is 4.79 Å². The van der Waals surface area contributed by atoms with Crippen molar-refractivity contribution >= 4 is 11.6 Å². The number of amides is 1. The molecule has 2 aromatic rings. The van der Waals surface area contributed by atoms with Gasteiger partial charge in [-0.05, 0) is 48.1 Å². The monoisotopic (exact) mass is 280 g/mol. The normalized spacial score (nSPS) is 15.3. The van der Waals surface area contributed by atoms with Gasteiger partial charge in [0.25, 0.3) is 0 Å². The minimum atomic E-state index is -0.132. The number of hydrogen-bond acceptors (Lipinski definition) is 2. The molecule has 21 heavy (non-hydrogen) atoms. The first-order chi connectivity index (χ1) is 10.1. The second-order valence-corrected chi connectivity index (χ2v) is 5.75. The van der Waals surface area contributed by atoms with Crippen molar-refractivity contribution in [3.63, 3.8) is 0 Å². The zero-order valence-corrected chi connectivity index (χ0v) is 12.4. The second kappa shape index (κ2) is 5.34. The van der Waals surface area contributed by atoms with E-state index in [1.165, 1.54) is 11.1 Å². The summed E-state index contributed by atoms with van der Waals surface area (Å²) in [7, 11) is 0. The molecule has 0 spiro atoms. The summed E-state index contributed by atoms with van der Waals surface area (Å²) in [5.74, 6) is 0.0987. The summed E-state index contributed by atoms with van der Waals surface area (Å²) in [5.41, 5.74) is 13.2. The molecular weight excluding hydrogens is 260 g/mol. The van der Waals surface area contributed by atoms with Crippen LogP contribution < -0.4 is 11.1 Å². The van der Waals surface area contributed by atoms with Crippen LogP contribution in [-0.2, 0) is 11.2 Å². The smallest absolute Gasteiger partial charge is 0.224 e. The van der Waals surface area contributed by atoms with Crippen molar-refractivity contribution in [1.82, 2.24) is 0 Å². The number of anilines is 1. The molecule has 1 amide bonds. The van der Waals surface area contributed by atoms with Crippen LogP contribution in [0.1, 0.15) is 40.3 Å². The number of fused-ring (bicyclic) bond motifs is 1. The van der Waals surface area contributed by atoms with Gasteiger partial charge in [-0.25, -0.2) is 0 Å². The van der Waals surface area contributed by atoms with E-state index in [1.54, 1.807) is 0 Å². The summed E-state index contributed by atoms with van der Waals surface area (Å²) >= 11 is 0. The molecule has 1 aliphatic heterocycles. The molecule has 0 aromatic heterocycles. The number of nitrogens with one attached hydrogen (secondary N) is 1. The number of rotatable bonds is 2. The maximum atomic E-state index is 11.5. The van der Waals surface area contributed by atoms with E-state index in [2.05, 4.69) is 36.5 Å². The lowest BCUT2D eigenvalue weighted by atomic mass is 9.90. The predicted molar refractivity (Wildman–Crippen MR) is 85.3 cm³/mol. The zero-order valence-electron chi connectivity index (χ0n) is 12.4. The van der Waals surface area contributed by atoms with E-state index >= 15 is 0 Å². The Kier molecular flexibility index (Phi) is 3.52. The van der Waals surface area contributed by atoms with Gasteiger partial charge in [-0.2, -0.15) is 0 Å². The topological polar surface area (TPSA) is 55.1 Å². The lowest BCUT2D eigenvalue weighted by molar-refractivity contribution is -0.116. The first-order valence-corrected chi connectivity index (χ1v) is 7.30. The van der Waals surface area contributed by atoms with Crippen molar-refractivity contribution in [2.45, 2.75) is 32.7 Å². The Bertz CT molecular complexity index is 706. The van der Waals surface area contributed by atoms with Crippen LogP contribution >= 0.6 is 0 Å². The number of nitrogens with two attached hydrogens (primary N) is 1. The van der Waals surface area contributed by atoms with Gasteiger partial charge in [0.1, 0.15) is 0 Å². The van der Waals surface area contributed by atoms with Crippen molar-refractivity contribution in [2.75, 3.05) is 5.32 Å². The van der Waals surface area contributed by atoms with E-state index in [4.69, 9.17) is 5.73 Å². The maximum Gasteiger partial charge on any atom is 0.224 e. The number of aryl methyl sites for hydroxylation is 3. The predicted octanol–water partition coefficient (Wildman–Crippen LogP) is 3.24. The quantitative estimate of drug-likeness (QED) is 0.887. The Morgan fingerprint density at radius 2 is 1.86 bits per heavy atom. The van der Waals surface area contributed by atoms with Crippen LogP contribution in [-0.4, -0.2) is 5.91 Å². The van der Waals surface area contributed by atoms with Gasteiger partial charge in [-0.3, -0.25) is 4.79 Å². The van der Waals surface area contributed by atoms with Gasteiger partial charge in [-0.15, -0.1) is 0 Å². The van der Waals surface area contributed by atoms with Gasteiger partial charge < -0.3 is 11.1 Å². The molecule has 1 aliphatic rings. The van der Waals surface area contributed by atoms with Crippen molar-refractivity contribution in [3.05, 3.63) is 64.2 Å². The van der Waals surface area contributed by atoms with Gasteiger partial charge in [0.05, 0.1) is 6.04 Å². The van der Waals surface area contributed by atoms with Crippen LogP contribution in [0, 0.1) is 13.8 Å². The molecule has 0 bridgehead atoms. The Labute approximate surface area is 125 Å². The van der Waals surface area contributed by atoms with E-state index in [1.807, 2.05) is 19.1 Å². The van der Waals surface area contributed by atoms with Crippen molar-refractivity contribution in [3.8, 4) is 0 Å². The SMILES string of the molecule is Cc1ccccc1C(N)c1cc(C)c2c(c1)CCC(=O)N2. The minimum Gasteiger partial charge on any atom is -0.326 e. The summed E-state index contributed by atoms with van der Waals surface area (Å²) in [6.07, 6.45) is 1.34. The third-order valence-corrected chi connectivity index (χ3v) is 4.21. The highest BCUT2D eigenvalue weighted by Gasteiger charge is 2.20. The van der Waals surface area contributed by atoms with Crippen molar-refractivity contribution in [1.29, 1.82) is 0 Å². The molecule has 108 valence electrons. The third-order valence-electron chi connectivity index (χ3n) is 4.21. The van der Waals surface area contributed by atoms with E-state index in [0.29, 0.717) is 6.42 Å². The maximum absolute atomic E-state index is 11.5. The number of carbonyl (C=O) groups is 1. The van der Waals surface area contributed by atoms with Crippen LogP contribution in [0.15, 0.2) is 36.4 Å². The Morgan fingerprint density at radius 1 is 1.10 bits per heavy atom. The highest BCUT2D eigenvalue weighted by Crippen LogP contribution is 2.31. The highest BCUT2D eigenvalue weighted by atomic mass is 16.1. The van der Waals surface area contributed by atoms with Crippen LogP contribution in [0.25, 0.3) is 0 Å². The molecule has 0 radical (unpaired) electrons. The molecule has 1 atom stereocenters.